The van der Waals surface area contributed by atoms with Gasteiger partial charge in [0.2, 0.25) is 0 Å². The van der Waals surface area contributed by atoms with Gasteiger partial charge in [-0.1, -0.05) is 161 Å². The van der Waals surface area contributed by atoms with Crippen LogP contribution in [0, 0.1) is 0 Å². The number of allylic oxidation sites excluding steroid dienone is 4. The molecule has 3 heteroatoms. The van der Waals surface area contributed by atoms with Crippen molar-refractivity contribution in [1.29, 1.82) is 0 Å². The number of hydrogen-bond acceptors (Lipinski definition) is 1. The normalized spacial score (nSPS) is 14.1. The molecule has 5 rings (SSSR count). The predicted molar refractivity (Wildman–Crippen MR) is 186 cm³/mol. The third kappa shape index (κ3) is 5.36. The number of benzene rings is 4. The Bertz CT molecular complexity index is 1360. The highest BCUT2D eigenvalue weighted by molar-refractivity contribution is 7.14. The van der Waals surface area contributed by atoms with Crippen LogP contribution in [-0.4, -0.2) is 21.9 Å². The van der Waals surface area contributed by atoms with Gasteiger partial charge >= 0.3 is 0 Å². The molecular weight excluding hydrogens is 541 g/mol. The third-order valence-electron chi connectivity index (χ3n) is 9.39. The van der Waals surface area contributed by atoms with Crippen molar-refractivity contribution < 1.29 is 4.79 Å². The molecule has 0 unspecified atom stereocenters. The number of rotatable bonds is 12. The summed E-state index contributed by atoms with van der Waals surface area (Å²) in [4.78, 5) is 15.6. The number of Topliss-reactive ketones (excluding diaryl/α,β-unsaturated/α-hetero) is 1. The maximum absolute atomic E-state index is 15.6. The summed E-state index contributed by atoms with van der Waals surface area (Å²) < 4.78 is 0. The van der Waals surface area contributed by atoms with Crippen LogP contribution in [0.1, 0.15) is 52.4 Å². The Morgan fingerprint density at radius 2 is 0.714 bits per heavy atom. The molecule has 214 valence electrons. The second kappa shape index (κ2) is 13.2. The van der Waals surface area contributed by atoms with E-state index in [0.29, 0.717) is 5.78 Å². The lowest BCUT2D eigenvalue weighted by Crippen LogP contribution is -2.62. The molecule has 0 atom stereocenters. The summed E-state index contributed by atoms with van der Waals surface area (Å²) in [5.74, 6) is 0.330. The van der Waals surface area contributed by atoms with Gasteiger partial charge in [-0.2, -0.15) is 0 Å². The van der Waals surface area contributed by atoms with E-state index in [9.17, 15) is 0 Å². The van der Waals surface area contributed by atoms with Gasteiger partial charge in [-0.05, 0) is 68.0 Å². The van der Waals surface area contributed by atoms with E-state index in [2.05, 4.69) is 148 Å². The number of hydrogen-bond donors (Lipinski definition) is 0. The van der Waals surface area contributed by atoms with Gasteiger partial charge in [-0.25, -0.2) is 0 Å². The fourth-order valence-electron chi connectivity index (χ4n) is 7.01. The van der Waals surface area contributed by atoms with E-state index in [-0.39, 0.29) is 0 Å². The summed E-state index contributed by atoms with van der Waals surface area (Å²) >= 11 is 0. The van der Waals surface area contributed by atoms with Crippen molar-refractivity contribution in [3.8, 4) is 0 Å². The van der Waals surface area contributed by atoms with Crippen LogP contribution in [0.5, 0.6) is 0 Å². The summed E-state index contributed by atoms with van der Waals surface area (Å²) in [7, 11) is -5.28. The Hall–Kier alpha value is -3.54. The summed E-state index contributed by atoms with van der Waals surface area (Å²) in [5, 5.41) is 7.53. The van der Waals surface area contributed by atoms with Gasteiger partial charge < -0.3 is 0 Å². The van der Waals surface area contributed by atoms with Crippen LogP contribution in [0.15, 0.2) is 143 Å². The van der Waals surface area contributed by atoms with E-state index in [1.54, 1.807) is 0 Å². The zero-order chi connectivity index (χ0) is 29.6. The first-order chi connectivity index (χ1) is 20.5. The van der Waals surface area contributed by atoms with Crippen LogP contribution in [0.4, 0.5) is 0 Å². The molecule has 1 aliphatic rings. The minimum atomic E-state index is -2.64. The molecule has 0 fully saturated rings. The Labute approximate surface area is 255 Å². The molecule has 42 heavy (non-hydrogen) atoms. The zero-order valence-electron chi connectivity index (χ0n) is 25.7. The van der Waals surface area contributed by atoms with Gasteiger partial charge in [-0.15, -0.1) is 0 Å². The molecule has 0 aliphatic heterocycles. The summed E-state index contributed by atoms with van der Waals surface area (Å²) in [5.41, 5.74) is 2.75. The van der Waals surface area contributed by atoms with E-state index in [1.165, 1.54) is 31.9 Å². The van der Waals surface area contributed by atoms with Gasteiger partial charge in [0.15, 0.2) is 21.9 Å². The van der Waals surface area contributed by atoms with E-state index in [4.69, 9.17) is 0 Å². The molecule has 0 aromatic heterocycles. The highest BCUT2D eigenvalue weighted by Crippen LogP contribution is 2.43. The smallest absolute Gasteiger partial charge is 0.179 e. The fraction of sp³-hybridized carbons (Fsp3) is 0.256. The first-order valence-electron chi connectivity index (χ1n) is 15.7. The van der Waals surface area contributed by atoms with E-state index in [0.717, 1.165) is 48.9 Å². The lowest BCUT2D eigenvalue weighted by molar-refractivity contribution is -0.111. The first kappa shape index (κ1) is 29.9. The second-order valence-electron chi connectivity index (χ2n) is 12.0. The monoisotopic (exact) mass is 584 g/mol. The molecule has 0 heterocycles. The number of carbonyl (C=O) groups is 1. The van der Waals surface area contributed by atoms with E-state index >= 15 is 4.79 Å². The Kier molecular flexibility index (Phi) is 9.40. The molecule has 0 bridgehead atoms. The summed E-state index contributed by atoms with van der Waals surface area (Å²) in [6.45, 7) is 9.40. The maximum atomic E-state index is 15.6. The van der Waals surface area contributed by atoms with Gasteiger partial charge in [0.05, 0.1) is 0 Å². The lowest BCUT2D eigenvalue weighted by Gasteiger charge is -2.34. The van der Waals surface area contributed by atoms with Gasteiger partial charge in [0.1, 0.15) is 0 Å². The van der Waals surface area contributed by atoms with Crippen LogP contribution in [0.25, 0.3) is 0 Å². The molecule has 1 aliphatic carbocycles. The predicted octanol–water partition coefficient (Wildman–Crippen LogP) is 7.41. The molecule has 0 spiro atoms. The van der Waals surface area contributed by atoms with E-state index in [1.807, 2.05) is 0 Å². The van der Waals surface area contributed by atoms with Gasteiger partial charge in [0.25, 0.3) is 0 Å². The fourth-order valence-corrected chi connectivity index (χ4v) is 15.3. The van der Waals surface area contributed by atoms with Crippen molar-refractivity contribution in [3.63, 3.8) is 0 Å². The Balaban J connectivity index is 1.85. The Morgan fingerprint density at radius 3 is 0.952 bits per heavy atom. The molecule has 0 radical (unpaired) electrons. The summed E-state index contributed by atoms with van der Waals surface area (Å²) in [6, 6.07) is 43.7. The largest absolute Gasteiger partial charge is 0.290 e. The first-order valence-corrected chi connectivity index (χ1v) is 20.7. The quantitative estimate of drug-likeness (QED) is 0.159. The topological polar surface area (TPSA) is 17.1 Å². The SMILES string of the molecule is CCCCC1=C([Si](C)(c2ccccc2)c2ccccc2)C(=O)C([Si](C)(c2ccccc2)c2ccccc2)=C1CCCC. The number of unbranched alkanes of at least 4 members (excludes halogenated alkanes) is 2. The standard InChI is InChI=1S/C39H44OSi2/c1-5-7-29-35-36(30-8-6-2)39(42(4,33-25-17-11-18-26-33)34-27-19-12-20-28-34)37(40)38(35)41(3,31-21-13-9-14-22-31)32-23-15-10-16-24-32/h9-28H,5-8,29-30H2,1-4H3. The van der Waals surface area contributed by atoms with Crippen molar-refractivity contribution in [3.05, 3.63) is 143 Å². The van der Waals surface area contributed by atoms with Crippen molar-refractivity contribution in [2.75, 3.05) is 0 Å². The lowest BCUT2D eigenvalue weighted by atomic mass is 9.99. The minimum Gasteiger partial charge on any atom is -0.290 e. The maximum Gasteiger partial charge on any atom is 0.179 e. The second-order valence-corrected chi connectivity index (χ2v) is 19.8. The van der Waals surface area contributed by atoms with Crippen molar-refractivity contribution >= 4 is 42.7 Å². The summed E-state index contributed by atoms with van der Waals surface area (Å²) in [6.07, 6.45) is 6.35. The van der Waals surface area contributed by atoms with Gasteiger partial charge in [0, 0.05) is 0 Å². The average molecular weight is 585 g/mol. The van der Waals surface area contributed by atoms with Crippen molar-refractivity contribution in [2.24, 2.45) is 0 Å². The third-order valence-corrected chi connectivity index (χ3v) is 18.4. The highest BCUT2D eigenvalue weighted by atomic mass is 28.3. The Morgan fingerprint density at radius 1 is 0.452 bits per heavy atom. The molecular formula is C39H44OSi2. The van der Waals surface area contributed by atoms with E-state index < -0.39 is 16.1 Å². The molecule has 4 aromatic rings. The van der Waals surface area contributed by atoms with Crippen LogP contribution >= 0.6 is 0 Å². The molecule has 1 nitrogen and oxygen atoms in total. The number of carbonyl (C=O) groups excluding carboxylic acids is 1. The van der Waals surface area contributed by atoms with Gasteiger partial charge in [-0.3, -0.25) is 4.79 Å². The molecule has 0 amide bonds. The molecule has 0 saturated carbocycles. The van der Waals surface area contributed by atoms with Crippen LogP contribution < -0.4 is 20.7 Å². The van der Waals surface area contributed by atoms with Crippen LogP contribution in [0.2, 0.25) is 13.1 Å². The highest BCUT2D eigenvalue weighted by Gasteiger charge is 2.51. The zero-order valence-corrected chi connectivity index (χ0v) is 27.7. The molecule has 4 aromatic carbocycles. The van der Waals surface area contributed by atoms with Crippen molar-refractivity contribution in [2.45, 2.75) is 65.5 Å². The van der Waals surface area contributed by atoms with Crippen molar-refractivity contribution in [1.82, 2.24) is 0 Å². The average Bonchev–Trinajstić information content (AvgIpc) is 3.34. The molecule has 0 saturated heterocycles. The minimum absolute atomic E-state index is 0.330. The molecule has 0 N–H and O–H groups in total. The van der Waals surface area contributed by atoms with Crippen LogP contribution in [-0.2, 0) is 4.79 Å². The van der Waals surface area contributed by atoms with Crippen LogP contribution in [0.3, 0.4) is 0 Å². The number of ketones is 1.